The Bertz CT molecular complexity index is 1060. The third-order valence-corrected chi connectivity index (χ3v) is 4.92. The maximum atomic E-state index is 11.8. The Kier molecular flexibility index (Phi) is 6.26. The minimum Gasteiger partial charge on any atom is -0.497 e. The molecule has 2 unspecified atom stereocenters. The zero-order valence-electron chi connectivity index (χ0n) is 16.3. The standard InChI is InChI=1S/C21H24N4O4/c1-13(11-14-3-5-15(29-2)6-4-14)23-12-19(26)16-7-9-18(24-28)21-17(16)8-10-20(27)25(21)22/h3-10,13,19,23,26H,11-12,22H2,1-2H3. The summed E-state index contributed by atoms with van der Waals surface area (Å²) in [5.41, 5.74) is 1.52. The van der Waals surface area contributed by atoms with E-state index in [0.29, 0.717) is 17.5 Å². The average molecular weight is 396 g/mol. The van der Waals surface area contributed by atoms with Crippen molar-refractivity contribution in [1.82, 2.24) is 9.99 Å². The van der Waals surface area contributed by atoms with E-state index in [4.69, 9.17) is 10.6 Å². The second kappa shape index (κ2) is 8.85. The summed E-state index contributed by atoms with van der Waals surface area (Å²) < 4.78 is 6.04. The minimum absolute atomic E-state index is 0.0528. The van der Waals surface area contributed by atoms with Gasteiger partial charge in [-0.25, -0.2) is 4.68 Å². The highest BCUT2D eigenvalue weighted by molar-refractivity contribution is 5.92. The van der Waals surface area contributed by atoms with Crippen LogP contribution in [0.25, 0.3) is 10.9 Å². The van der Waals surface area contributed by atoms with Gasteiger partial charge in [-0.3, -0.25) is 4.79 Å². The average Bonchev–Trinajstić information content (AvgIpc) is 2.74. The van der Waals surface area contributed by atoms with Gasteiger partial charge in [0.15, 0.2) is 0 Å². The number of hydrogen-bond acceptors (Lipinski definition) is 7. The van der Waals surface area contributed by atoms with E-state index < -0.39 is 11.7 Å². The first-order valence-electron chi connectivity index (χ1n) is 9.26. The molecule has 8 nitrogen and oxygen atoms in total. The van der Waals surface area contributed by atoms with Gasteiger partial charge in [0.2, 0.25) is 0 Å². The number of nitroso groups, excluding NO2 is 1. The lowest BCUT2D eigenvalue weighted by Gasteiger charge is -2.19. The lowest BCUT2D eigenvalue weighted by Crippen LogP contribution is -2.32. The molecule has 4 N–H and O–H groups in total. The molecule has 29 heavy (non-hydrogen) atoms. The second-order valence-corrected chi connectivity index (χ2v) is 6.95. The lowest BCUT2D eigenvalue weighted by atomic mass is 10.0. The van der Waals surface area contributed by atoms with Crippen LogP contribution in [-0.2, 0) is 6.42 Å². The number of methoxy groups -OCH3 is 1. The lowest BCUT2D eigenvalue weighted by molar-refractivity contribution is 0.172. The van der Waals surface area contributed by atoms with Crippen LogP contribution >= 0.6 is 0 Å². The summed E-state index contributed by atoms with van der Waals surface area (Å²) in [4.78, 5) is 22.9. The molecule has 0 fully saturated rings. The van der Waals surface area contributed by atoms with Gasteiger partial charge in [0.25, 0.3) is 5.56 Å². The van der Waals surface area contributed by atoms with Crippen LogP contribution in [0.3, 0.4) is 0 Å². The van der Waals surface area contributed by atoms with Gasteiger partial charge in [0, 0.05) is 24.0 Å². The number of aliphatic hydroxyl groups excluding tert-OH is 1. The molecule has 0 aliphatic rings. The van der Waals surface area contributed by atoms with Crippen LogP contribution in [0.4, 0.5) is 5.69 Å². The number of fused-ring (bicyclic) bond motifs is 1. The van der Waals surface area contributed by atoms with E-state index in [-0.39, 0.29) is 17.2 Å². The number of hydrogen-bond donors (Lipinski definition) is 3. The molecular formula is C21H24N4O4. The van der Waals surface area contributed by atoms with Crippen molar-refractivity contribution in [3.63, 3.8) is 0 Å². The number of pyridine rings is 1. The Balaban J connectivity index is 1.74. The molecule has 8 heteroatoms. The van der Waals surface area contributed by atoms with Crippen molar-refractivity contribution in [2.24, 2.45) is 5.18 Å². The predicted octanol–water partition coefficient (Wildman–Crippen LogP) is 2.38. The first-order valence-corrected chi connectivity index (χ1v) is 9.26. The van der Waals surface area contributed by atoms with Gasteiger partial charge < -0.3 is 21.0 Å². The molecule has 0 saturated heterocycles. The SMILES string of the molecule is COc1ccc(CC(C)NCC(O)c2ccc(N=O)c3c2ccc(=O)n3N)cc1. The number of nitrogen functional groups attached to an aromatic ring is 1. The van der Waals surface area contributed by atoms with E-state index >= 15 is 0 Å². The number of nitrogens with two attached hydrogens (primary N) is 1. The van der Waals surface area contributed by atoms with Crippen LogP contribution in [0.5, 0.6) is 5.75 Å². The van der Waals surface area contributed by atoms with Crippen molar-refractivity contribution in [2.75, 3.05) is 19.5 Å². The van der Waals surface area contributed by atoms with E-state index in [1.165, 1.54) is 12.1 Å². The third-order valence-electron chi connectivity index (χ3n) is 4.92. The summed E-state index contributed by atoms with van der Waals surface area (Å²) >= 11 is 0. The van der Waals surface area contributed by atoms with E-state index in [1.807, 2.05) is 31.2 Å². The third kappa shape index (κ3) is 4.44. The minimum atomic E-state index is -0.853. The predicted molar refractivity (Wildman–Crippen MR) is 113 cm³/mol. The molecule has 3 aromatic rings. The summed E-state index contributed by atoms with van der Waals surface area (Å²) in [6, 6.07) is 13.9. The molecule has 2 atom stereocenters. The van der Waals surface area contributed by atoms with Crippen molar-refractivity contribution >= 4 is 16.6 Å². The van der Waals surface area contributed by atoms with Crippen molar-refractivity contribution in [2.45, 2.75) is 25.5 Å². The highest BCUT2D eigenvalue weighted by Crippen LogP contribution is 2.30. The van der Waals surface area contributed by atoms with E-state index in [0.717, 1.165) is 22.4 Å². The topological polar surface area (TPSA) is 119 Å². The van der Waals surface area contributed by atoms with Gasteiger partial charge >= 0.3 is 0 Å². The molecule has 0 spiro atoms. The van der Waals surface area contributed by atoms with E-state index in [9.17, 15) is 14.8 Å². The monoisotopic (exact) mass is 396 g/mol. The number of ether oxygens (including phenoxy) is 1. The Morgan fingerprint density at radius 2 is 1.90 bits per heavy atom. The molecular weight excluding hydrogens is 372 g/mol. The number of rotatable bonds is 8. The molecule has 1 aromatic heterocycles. The molecule has 0 aliphatic heterocycles. The molecule has 0 radical (unpaired) electrons. The van der Waals surface area contributed by atoms with Crippen LogP contribution in [-0.4, -0.2) is 29.5 Å². The number of aromatic nitrogens is 1. The van der Waals surface area contributed by atoms with Crippen molar-refractivity contribution in [3.8, 4) is 5.75 Å². The van der Waals surface area contributed by atoms with Crippen molar-refractivity contribution in [3.05, 3.63) is 74.9 Å². The summed E-state index contributed by atoms with van der Waals surface area (Å²) in [6.07, 6.45) is -0.0672. The quantitative estimate of drug-likeness (QED) is 0.397. The molecule has 2 aromatic carbocycles. The maximum absolute atomic E-state index is 11.8. The fourth-order valence-corrected chi connectivity index (χ4v) is 3.36. The first kappa shape index (κ1) is 20.5. The summed E-state index contributed by atoms with van der Waals surface area (Å²) in [5, 5.41) is 17.5. The van der Waals surface area contributed by atoms with Gasteiger partial charge in [-0.15, -0.1) is 4.91 Å². The fraction of sp³-hybridized carbons (Fsp3) is 0.286. The molecule has 0 bridgehead atoms. The van der Waals surface area contributed by atoms with E-state index in [1.54, 1.807) is 19.2 Å². The molecule has 0 amide bonds. The first-order chi connectivity index (χ1) is 13.9. The smallest absolute Gasteiger partial charge is 0.269 e. The Labute approximate surface area is 167 Å². The molecule has 152 valence electrons. The van der Waals surface area contributed by atoms with Crippen molar-refractivity contribution < 1.29 is 9.84 Å². The van der Waals surface area contributed by atoms with Crippen LogP contribution in [0, 0.1) is 4.91 Å². The van der Waals surface area contributed by atoms with E-state index in [2.05, 4.69) is 10.5 Å². The van der Waals surface area contributed by atoms with Crippen LogP contribution in [0.1, 0.15) is 24.2 Å². The summed E-state index contributed by atoms with van der Waals surface area (Å²) in [5.74, 6) is 6.60. The fourth-order valence-electron chi connectivity index (χ4n) is 3.36. The molecule has 0 aliphatic carbocycles. The molecule has 1 heterocycles. The van der Waals surface area contributed by atoms with Gasteiger partial charge in [-0.05, 0) is 53.9 Å². The maximum Gasteiger partial charge on any atom is 0.269 e. The van der Waals surface area contributed by atoms with Gasteiger partial charge in [0.1, 0.15) is 17.0 Å². The van der Waals surface area contributed by atoms with Crippen LogP contribution in [0.15, 0.2) is 58.5 Å². The van der Waals surface area contributed by atoms with Crippen molar-refractivity contribution in [1.29, 1.82) is 0 Å². The zero-order chi connectivity index (χ0) is 21.0. The largest absolute Gasteiger partial charge is 0.497 e. The Morgan fingerprint density at radius 3 is 2.55 bits per heavy atom. The zero-order valence-corrected chi connectivity index (χ0v) is 16.3. The number of aliphatic hydroxyl groups is 1. The molecule has 3 rings (SSSR count). The van der Waals surface area contributed by atoms with Crippen LogP contribution < -0.4 is 21.5 Å². The highest BCUT2D eigenvalue weighted by Gasteiger charge is 2.17. The summed E-state index contributed by atoms with van der Waals surface area (Å²) in [7, 11) is 1.63. The highest BCUT2D eigenvalue weighted by atomic mass is 16.5. The van der Waals surface area contributed by atoms with Crippen LogP contribution in [0.2, 0.25) is 0 Å². The second-order valence-electron chi connectivity index (χ2n) is 6.95. The molecule has 0 saturated carbocycles. The summed E-state index contributed by atoms with van der Waals surface area (Å²) in [6.45, 7) is 2.33. The Hall–Kier alpha value is -3.23. The van der Waals surface area contributed by atoms with Gasteiger partial charge in [0.05, 0.1) is 13.2 Å². The normalized spacial score (nSPS) is 13.2. The number of nitrogens with one attached hydrogen (secondary N) is 1. The number of benzene rings is 2. The number of nitrogens with zero attached hydrogens (tertiary/aromatic N) is 2. The van der Waals surface area contributed by atoms with Gasteiger partial charge in [-0.2, -0.15) is 0 Å². The van der Waals surface area contributed by atoms with Gasteiger partial charge in [-0.1, -0.05) is 18.2 Å². The Morgan fingerprint density at radius 1 is 1.17 bits per heavy atom.